The highest BCUT2D eigenvalue weighted by Crippen LogP contribution is 2.29. The number of aromatic nitrogens is 5. The molecule has 0 amide bonds. The zero-order valence-corrected chi connectivity index (χ0v) is 12.5. The van der Waals surface area contributed by atoms with Crippen molar-refractivity contribution >= 4 is 22.6 Å². The lowest BCUT2D eigenvalue weighted by atomic mass is 10.2. The molecule has 3 aromatic heterocycles. The summed E-state index contributed by atoms with van der Waals surface area (Å²) in [5, 5.41) is 8.46. The lowest BCUT2D eigenvalue weighted by molar-refractivity contribution is 0.444. The van der Waals surface area contributed by atoms with Crippen molar-refractivity contribution in [3.05, 3.63) is 60.0 Å². The molecule has 0 atom stereocenters. The van der Waals surface area contributed by atoms with E-state index in [0.29, 0.717) is 16.4 Å². The Bertz CT molecular complexity index is 971. The third-order valence-electron chi connectivity index (χ3n) is 3.27. The number of rotatable bonds is 3. The molecule has 112 valence electrons. The number of hydrogen-bond donors (Lipinski definition) is 1. The highest BCUT2D eigenvalue weighted by Gasteiger charge is 2.12. The molecule has 0 unspecified atom stereocenters. The zero-order chi connectivity index (χ0) is 15.6. The fourth-order valence-electron chi connectivity index (χ4n) is 2.19. The Kier molecular flexibility index (Phi) is 3.36. The first-order valence-corrected chi connectivity index (χ1v) is 7.23. The Morgan fingerprint density at radius 3 is 2.78 bits per heavy atom. The van der Waals surface area contributed by atoms with Gasteiger partial charge >= 0.3 is 6.01 Å². The largest absolute Gasteiger partial charge is 0.423 e. The summed E-state index contributed by atoms with van der Waals surface area (Å²) < 4.78 is 5.62. The molecule has 0 radical (unpaired) electrons. The van der Waals surface area contributed by atoms with Crippen LogP contribution in [0.5, 0.6) is 11.8 Å². The van der Waals surface area contributed by atoms with Gasteiger partial charge in [0, 0.05) is 24.2 Å². The number of nitrogens with zero attached hydrogens (tertiary/aromatic N) is 4. The van der Waals surface area contributed by atoms with Gasteiger partial charge in [-0.05, 0) is 24.3 Å². The van der Waals surface area contributed by atoms with E-state index in [0.717, 1.165) is 16.6 Å². The predicted molar refractivity (Wildman–Crippen MR) is 86.4 cm³/mol. The molecule has 4 aromatic rings. The van der Waals surface area contributed by atoms with Crippen molar-refractivity contribution in [2.24, 2.45) is 0 Å². The van der Waals surface area contributed by atoms with E-state index in [9.17, 15) is 0 Å². The van der Waals surface area contributed by atoms with Gasteiger partial charge < -0.3 is 4.74 Å². The number of ether oxygens (including phenoxy) is 1. The van der Waals surface area contributed by atoms with Gasteiger partial charge in [0.05, 0.1) is 10.4 Å². The van der Waals surface area contributed by atoms with Gasteiger partial charge in [0.2, 0.25) is 0 Å². The molecule has 7 heteroatoms. The Balaban J connectivity index is 1.72. The van der Waals surface area contributed by atoms with Crippen LogP contribution in [0, 0.1) is 0 Å². The number of H-pyrrole nitrogens is 1. The fraction of sp³-hybridized carbons (Fsp3) is 0. The van der Waals surface area contributed by atoms with Crippen LogP contribution < -0.4 is 4.74 Å². The standard InChI is InChI=1S/C16H10ClN5O/c17-12-5-1-2-6-13(12)23-16-19-9-11-14(21-22-15(11)20-16)10-4-3-7-18-8-10/h1-9H,(H,19,20,21,22). The monoisotopic (exact) mass is 323 g/mol. The molecule has 1 N–H and O–H groups in total. The van der Waals surface area contributed by atoms with Gasteiger partial charge in [0.25, 0.3) is 0 Å². The molecule has 0 aliphatic carbocycles. The van der Waals surface area contributed by atoms with E-state index in [1.54, 1.807) is 30.7 Å². The summed E-state index contributed by atoms with van der Waals surface area (Å²) in [6.45, 7) is 0. The molecule has 0 aliphatic heterocycles. The Morgan fingerprint density at radius 2 is 1.96 bits per heavy atom. The van der Waals surface area contributed by atoms with Gasteiger partial charge in [0.15, 0.2) is 5.65 Å². The average molecular weight is 324 g/mol. The highest BCUT2D eigenvalue weighted by molar-refractivity contribution is 6.32. The normalized spacial score (nSPS) is 10.8. The Morgan fingerprint density at radius 1 is 1.04 bits per heavy atom. The van der Waals surface area contributed by atoms with Crippen LogP contribution in [0.2, 0.25) is 5.02 Å². The minimum Gasteiger partial charge on any atom is -0.423 e. The topological polar surface area (TPSA) is 76.6 Å². The minimum absolute atomic E-state index is 0.201. The molecule has 6 nitrogen and oxygen atoms in total. The molecule has 0 spiro atoms. The van der Waals surface area contributed by atoms with E-state index in [1.165, 1.54) is 0 Å². The van der Waals surface area contributed by atoms with Crippen molar-refractivity contribution in [1.29, 1.82) is 0 Å². The third-order valence-corrected chi connectivity index (χ3v) is 3.58. The molecular weight excluding hydrogens is 314 g/mol. The van der Waals surface area contributed by atoms with Crippen molar-refractivity contribution in [2.75, 3.05) is 0 Å². The van der Waals surface area contributed by atoms with Gasteiger partial charge in [-0.1, -0.05) is 23.7 Å². The van der Waals surface area contributed by atoms with Gasteiger partial charge in [-0.25, -0.2) is 4.98 Å². The summed E-state index contributed by atoms with van der Waals surface area (Å²) >= 11 is 6.07. The number of nitrogens with one attached hydrogen (secondary N) is 1. The first kappa shape index (κ1) is 13.7. The second-order valence-corrected chi connectivity index (χ2v) is 5.17. The van der Waals surface area contributed by atoms with Crippen LogP contribution in [0.15, 0.2) is 55.0 Å². The van der Waals surface area contributed by atoms with Crippen LogP contribution in [0.3, 0.4) is 0 Å². The molecule has 23 heavy (non-hydrogen) atoms. The van der Waals surface area contributed by atoms with E-state index in [1.807, 2.05) is 24.3 Å². The molecule has 4 rings (SSSR count). The number of hydrogen-bond acceptors (Lipinski definition) is 5. The lowest BCUT2D eigenvalue weighted by Gasteiger charge is -2.04. The van der Waals surface area contributed by atoms with Gasteiger partial charge in [-0.3, -0.25) is 10.1 Å². The van der Waals surface area contributed by atoms with Gasteiger partial charge in [-0.15, -0.1) is 0 Å². The van der Waals surface area contributed by atoms with Crippen molar-refractivity contribution in [3.63, 3.8) is 0 Å². The van der Waals surface area contributed by atoms with Crippen LogP contribution in [0.25, 0.3) is 22.3 Å². The maximum atomic E-state index is 6.07. The number of aromatic amines is 1. The molecule has 0 saturated carbocycles. The van der Waals surface area contributed by atoms with E-state index in [2.05, 4.69) is 25.1 Å². The van der Waals surface area contributed by atoms with E-state index < -0.39 is 0 Å². The molecule has 0 fully saturated rings. The van der Waals surface area contributed by atoms with Crippen molar-refractivity contribution < 1.29 is 4.74 Å². The SMILES string of the molecule is Clc1ccccc1Oc1ncc2c(-c3cccnc3)n[nH]c2n1. The second kappa shape index (κ2) is 5.66. The summed E-state index contributed by atoms with van der Waals surface area (Å²) in [5.41, 5.74) is 2.22. The number of halogens is 1. The summed E-state index contributed by atoms with van der Waals surface area (Å²) in [5.74, 6) is 0.500. The zero-order valence-electron chi connectivity index (χ0n) is 11.8. The van der Waals surface area contributed by atoms with Crippen LogP contribution >= 0.6 is 11.6 Å². The first-order chi connectivity index (χ1) is 11.3. The van der Waals surface area contributed by atoms with Crippen LogP contribution in [-0.4, -0.2) is 25.1 Å². The molecule has 1 aromatic carbocycles. The highest BCUT2D eigenvalue weighted by atomic mass is 35.5. The van der Waals surface area contributed by atoms with Crippen LogP contribution in [0.4, 0.5) is 0 Å². The maximum absolute atomic E-state index is 6.07. The molecule has 0 bridgehead atoms. The summed E-state index contributed by atoms with van der Waals surface area (Å²) in [7, 11) is 0. The number of para-hydroxylation sites is 1. The smallest absolute Gasteiger partial charge is 0.324 e. The number of fused-ring (bicyclic) bond motifs is 1. The lowest BCUT2D eigenvalue weighted by Crippen LogP contribution is -1.92. The Hall–Kier alpha value is -2.99. The molecular formula is C16H10ClN5O. The van der Waals surface area contributed by atoms with E-state index in [4.69, 9.17) is 16.3 Å². The maximum Gasteiger partial charge on any atom is 0.324 e. The molecule has 3 heterocycles. The predicted octanol–water partition coefficient (Wildman–Crippen LogP) is 3.86. The number of benzene rings is 1. The molecule has 0 saturated heterocycles. The summed E-state index contributed by atoms with van der Waals surface area (Å²) in [6, 6.07) is 11.1. The third kappa shape index (κ3) is 2.60. The van der Waals surface area contributed by atoms with Crippen molar-refractivity contribution in [1.82, 2.24) is 25.1 Å². The fourth-order valence-corrected chi connectivity index (χ4v) is 2.37. The first-order valence-electron chi connectivity index (χ1n) is 6.85. The van der Waals surface area contributed by atoms with E-state index >= 15 is 0 Å². The van der Waals surface area contributed by atoms with Crippen molar-refractivity contribution in [3.8, 4) is 23.0 Å². The van der Waals surface area contributed by atoms with E-state index in [-0.39, 0.29) is 6.01 Å². The Labute approximate surface area is 136 Å². The van der Waals surface area contributed by atoms with Gasteiger partial charge in [0.1, 0.15) is 11.4 Å². The van der Waals surface area contributed by atoms with Crippen LogP contribution in [-0.2, 0) is 0 Å². The summed E-state index contributed by atoms with van der Waals surface area (Å²) in [6.07, 6.45) is 5.12. The van der Waals surface area contributed by atoms with Gasteiger partial charge in [-0.2, -0.15) is 10.1 Å². The van der Waals surface area contributed by atoms with Crippen molar-refractivity contribution in [2.45, 2.75) is 0 Å². The quantitative estimate of drug-likeness (QED) is 0.619. The number of pyridine rings is 1. The molecule has 0 aliphatic rings. The minimum atomic E-state index is 0.201. The second-order valence-electron chi connectivity index (χ2n) is 4.76. The van der Waals surface area contributed by atoms with Crippen LogP contribution in [0.1, 0.15) is 0 Å². The average Bonchev–Trinajstić information content (AvgIpc) is 3.01. The summed E-state index contributed by atoms with van der Waals surface area (Å²) in [4.78, 5) is 12.7.